The maximum Gasteiger partial charge on any atom is 0.00673 e. The zero-order valence-corrected chi connectivity index (χ0v) is 16.0. The van der Waals surface area contributed by atoms with Crippen molar-refractivity contribution in [2.75, 3.05) is 0 Å². The van der Waals surface area contributed by atoms with Crippen molar-refractivity contribution in [3.8, 4) is 0 Å². The van der Waals surface area contributed by atoms with E-state index < -0.39 is 0 Å². The summed E-state index contributed by atoms with van der Waals surface area (Å²) < 4.78 is 0. The minimum Gasteiger partial charge on any atom is -0.327 e. The smallest absolute Gasteiger partial charge is 0.00673 e. The SMILES string of the molecule is CCCC1CC(C(CC)C2CCC(N)C(CCC)C2)CCC1N. The van der Waals surface area contributed by atoms with Crippen molar-refractivity contribution in [3.05, 3.63) is 0 Å². The Hall–Kier alpha value is -0.0800. The van der Waals surface area contributed by atoms with E-state index in [1.54, 1.807) is 0 Å². The summed E-state index contributed by atoms with van der Waals surface area (Å²) in [6.45, 7) is 7.05. The lowest BCUT2D eigenvalue weighted by molar-refractivity contribution is 0.0806. The third-order valence-corrected chi connectivity index (χ3v) is 7.16. The Kier molecular flexibility index (Phi) is 7.88. The third kappa shape index (κ3) is 4.95. The topological polar surface area (TPSA) is 52.0 Å². The first-order chi connectivity index (χ1) is 11.1. The van der Waals surface area contributed by atoms with E-state index in [0.29, 0.717) is 12.1 Å². The van der Waals surface area contributed by atoms with Crippen molar-refractivity contribution in [3.63, 3.8) is 0 Å². The average Bonchev–Trinajstić information content (AvgIpc) is 2.54. The van der Waals surface area contributed by atoms with Crippen LogP contribution >= 0.6 is 0 Å². The summed E-state index contributed by atoms with van der Waals surface area (Å²) in [5.41, 5.74) is 12.8. The molecule has 2 fully saturated rings. The van der Waals surface area contributed by atoms with Gasteiger partial charge in [0.15, 0.2) is 0 Å². The fraction of sp³-hybridized carbons (Fsp3) is 1.00. The molecule has 0 aromatic heterocycles. The second-order valence-electron chi connectivity index (χ2n) is 8.64. The van der Waals surface area contributed by atoms with Crippen LogP contribution < -0.4 is 11.5 Å². The standard InChI is InChI=1S/C21H42N2/c1-4-7-17-13-15(9-11-20(17)22)19(6-3)16-10-12-21(23)18(14-16)8-5-2/h15-21H,4-14,22-23H2,1-3H3. The summed E-state index contributed by atoms with van der Waals surface area (Å²) >= 11 is 0. The lowest BCUT2D eigenvalue weighted by atomic mass is 9.63. The second kappa shape index (κ2) is 9.42. The Balaban J connectivity index is 1.98. The Bertz CT molecular complexity index is 300. The van der Waals surface area contributed by atoms with Crippen LogP contribution in [-0.4, -0.2) is 12.1 Å². The van der Waals surface area contributed by atoms with E-state index >= 15 is 0 Å². The molecule has 4 N–H and O–H groups in total. The van der Waals surface area contributed by atoms with E-state index in [0.717, 1.165) is 29.6 Å². The van der Waals surface area contributed by atoms with Crippen molar-refractivity contribution < 1.29 is 0 Å². The van der Waals surface area contributed by atoms with Gasteiger partial charge in [-0.1, -0.05) is 40.0 Å². The monoisotopic (exact) mass is 322 g/mol. The molecule has 0 amide bonds. The molecule has 2 nitrogen and oxygen atoms in total. The van der Waals surface area contributed by atoms with Gasteiger partial charge in [-0.05, 0) is 81.0 Å². The number of hydrogen-bond donors (Lipinski definition) is 2. The van der Waals surface area contributed by atoms with Crippen LogP contribution in [0.15, 0.2) is 0 Å². The van der Waals surface area contributed by atoms with Gasteiger partial charge in [0.2, 0.25) is 0 Å². The molecule has 0 bridgehead atoms. The lowest BCUT2D eigenvalue weighted by Crippen LogP contribution is -2.42. The van der Waals surface area contributed by atoms with Gasteiger partial charge in [-0.25, -0.2) is 0 Å². The minimum absolute atomic E-state index is 0.469. The first-order valence-electron chi connectivity index (χ1n) is 10.6. The van der Waals surface area contributed by atoms with Crippen LogP contribution in [0.4, 0.5) is 0 Å². The van der Waals surface area contributed by atoms with Crippen LogP contribution in [0.5, 0.6) is 0 Å². The van der Waals surface area contributed by atoms with E-state index in [-0.39, 0.29) is 0 Å². The zero-order valence-electron chi connectivity index (χ0n) is 16.0. The minimum atomic E-state index is 0.469. The van der Waals surface area contributed by atoms with Crippen LogP contribution in [0.3, 0.4) is 0 Å². The van der Waals surface area contributed by atoms with E-state index in [9.17, 15) is 0 Å². The van der Waals surface area contributed by atoms with Crippen LogP contribution in [0.25, 0.3) is 0 Å². The Labute approximate surface area is 145 Å². The highest BCUT2D eigenvalue weighted by atomic mass is 14.7. The molecule has 0 saturated heterocycles. The van der Waals surface area contributed by atoms with Gasteiger partial charge in [0.1, 0.15) is 0 Å². The van der Waals surface area contributed by atoms with Crippen LogP contribution in [-0.2, 0) is 0 Å². The predicted octanol–water partition coefficient (Wildman–Crippen LogP) is 5.10. The van der Waals surface area contributed by atoms with Gasteiger partial charge in [0, 0.05) is 12.1 Å². The molecular formula is C21H42N2. The molecule has 6 unspecified atom stereocenters. The highest BCUT2D eigenvalue weighted by Crippen LogP contribution is 2.45. The van der Waals surface area contributed by atoms with Crippen molar-refractivity contribution >= 4 is 0 Å². The summed E-state index contributed by atoms with van der Waals surface area (Å²) in [5.74, 6) is 4.35. The molecule has 2 rings (SSSR count). The fourth-order valence-corrected chi connectivity index (χ4v) is 5.88. The molecular weight excluding hydrogens is 280 g/mol. The number of nitrogens with two attached hydrogens (primary N) is 2. The largest absolute Gasteiger partial charge is 0.327 e. The summed E-state index contributed by atoms with van der Waals surface area (Å²) in [4.78, 5) is 0. The van der Waals surface area contributed by atoms with Gasteiger partial charge >= 0.3 is 0 Å². The normalized spacial score (nSPS) is 40.0. The molecule has 0 aromatic rings. The molecule has 23 heavy (non-hydrogen) atoms. The molecule has 6 atom stereocenters. The van der Waals surface area contributed by atoms with Crippen molar-refractivity contribution in [1.29, 1.82) is 0 Å². The maximum absolute atomic E-state index is 6.41. The van der Waals surface area contributed by atoms with E-state index in [1.165, 1.54) is 70.6 Å². The number of rotatable bonds is 7. The molecule has 0 radical (unpaired) electrons. The quantitative estimate of drug-likeness (QED) is 0.685. The Morgan fingerprint density at radius 2 is 1.17 bits per heavy atom. The van der Waals surface area contributed by atoms with Crippen LogP contribution in [0.2, 0.25) is 0 Å². The Morgan fingerprint density at radius 3 is 1.52 bits per heavy atom. The molecule has 2 saturated carbocycles. The average molecular weight is 323 g/mol. The Morgan fingerprint density at radius 1 is 0.739 bits per heavy atom. The summed E-state index contributed by atoms with van der Waals surface area (Å²) in [5, 5.41) is 0. The molecule has 0 heterocycles. The van der Waals surface area contributed by atoms with Crippen molar-refractivity contribution in [2.24, 2.45) is 41.1 Å². The zero-order chi connectivity index (χ0) is 16.8. The first-order valence-corrected chi connectivity index (χ1v) is 10.6. The van der Waals surface area contributed by atoms with Crippen LogP contribution in [0.1, 0.15) is 91.4 Å². The number of hydrogen-bond acceptors (Lipinski definition) is 2. The van der Waals surface area contributed by atoms with Crippen molar-refractivity contribution in [2.45, 2.75) is 103 Å². The van der Waals surface area contributed by atoms with E-state index in [4.69, 9.17) is 11.5 Å². The van der Waals surface area contributed by atoms with Crippen LogP contribution in [0, 0.1) is 29.6 Å². The molecule has 0 spiro atoms. The molecule has 2 heteroatoms. The summed E-state index contributed by atoms with van der Waals surface area (Å²) in [6, 6.07) is 0.938. The molecule has 2 aliphatic rings. The first kappa shape index (κ1) is 19.2. The van der Waals surface area contributed by atoms with Crippen molar-refractivity contribution in [1.82, 2.24) is 0 Å². The summed E-state index contributed by atoms with van der Waals surface area (Å²) in [6.07, 6.45) is 14.7. The molecule has 136 valence electrons. The van der Waals surface area contributed by atoms with Gasteiger partial charge in [0.05, 0.1) is 0 Å². The molecule has 0 aromatic carbocycles. The van der Waals surface area contributed by atoms with Gasteiger partial charge in [-0.3, -0.25) is 0 Å². The fourth-order valence-electron chi connectivity index (χ4n) is 5.88. The second-order valence-corrected chi connectivity index (χ2v) is 8.64. The van der Waals surface area contributed by atoms with E-state index in [2.05, 4.69) is 20.8 Å². The third-order valence-electron chi connectivity index (χ3n) is 7.16. The van der Waals surface area contributed by atoms with E-state index in [1.807, 2.05) is 0 Å². The van der Waals surface area contributed by atoms with Gasteiger partial charge in [-0.15, -0.1) is 0 Å². The van der Waals surface area contributed by atoms with Gasteiger partial charge in [-0.2, -0.15) is 0 Å². The predicted molar refractivity (Wildman–Crippen MR) is 101 cm³/mol. The molecule has 0 aliphatic heterocycles. The maximum atomic E-state index is 6.41. The highest BCUT2D eigenvalue weighted by Gasteiger charge is 2.38. The highest BCUT2D eigenvalue weighted by molar-refractivity contribution is 4.91. The summed E-state index contributed by atoms with van der Waals surface area (Å²) in [7, 11) is 0. The lowest BCUT2D eigenvalue weighted by Gasteiger charge is -2.44. The van der Waals surface area contributed by atoms with Gasteiger partial charge < -0.3 is 11.5 Å². The molecule has 2 aliphatic carbocycles. The van der Waals surface area contributed by atoms with Gasteiger partial charge in [0.25, 0.3) is 0 Å².